The lowest BCUT2D eigenvalue weighted by molar-refractivity contribution is 0.103. The van der Waals surface area contributed by atoms with Crippen LogP contribution in [0.25, 0.3) is 0 Å². The zero-order chi connectivity index (χ0) is 59.9. The van der Waals surface area contributed by atoms with Crippen LogP contribution < -0.4 is 43.8 Å². The monoisotopic (exact) mass is 1160 g/mol. The lowest BCUT2D eigenvalue weighted by atomic mass is 10.0. The van der Waals surface area contributed by atoms with E-state index in [1.165, 1.54) is 0 Å². The summed E-state index contributed by atoms with van der Waals surface area (Å²) in [5.41, 5.74) is 4.59. The summed E-state index contributed by atoms with van der Waals surface area (Å²) in [7, 11) is -3.16. The van der Waals surface area contributed by atoms with Crippen LogP contribution in [-0.2, 0) is 30.1 Å². The van der Waals surface area contributed by atoms with Crippen LogP contribution in [-0.4, -0.2) is 95.6 Å². The molecule has 0 aromatic heterocycles. The number of nitrogens with two attached hydrogens (primary N) is 3. The molecule has 424 valence electrons. The van der Waals surface area contributed by atoms with Crippen LogP contribution in [0.2, 0.25) is 0 Å². The predicted octanol–water partition coefficient (Wildman–Crippen LogP) is 8.63. The van der Waals surface area contributed by atoms with Crippen LogP contribution in [0.5, 0.6) is 46.0 Å². The van der Waals surface area contributed by atoms with Crippen molar-refractivity contribution < 1.29 is 72.9 Å². The average Bonchev–Trinajstić information content (AvgIpc) is 3.44. The smallest absolute Gasteiger partial charge is 0.206 e. The fourth-order valence-corrected chi connectivity index (χ4v) is 6.61. The molecule has 0 fully saturated rings. The molecule has 0 aliphatic heterocycles. The van der Waals surface area contributed by atoms with Gasteiger partial charge in [-0.05, 0) is 194 Å². The molecule has 0 atom stereocenters. The Morgan fingerprint density at radius 2 is 0.346 bits per heavy atom. The van der Waals surface area contributed by atoms with Crippen LogP contribution >= 0.6 is 0 Å². The Hall–Kier alpha value is -9.03. The first-order valence-electron chi connectivity index (χ1n) is 23.6. The van der Waals surface area contributed by atoms with Crippen molar-refractivity contribution in [1.82, 2.24) is 0 Å². The summed E-state index contributed by atoms with van der Waals surface area (Å²) < 4.78 is 88.7. The Balaban J connectivity index is 0.000000279. The first kappa shape index (κ1) is 64.5. The molecular weight excluding hydrogens is 1100 g/mol. The molecule has 0 bridgehead atoms. The molecule has 0 saturated carbocycles. The third-order valence-corrected chi connectivity index (χ3v) is 10.3. The second kappa shape index (κ2) is 30.4. The first-order valence-corrected chi connectivity index (χ1v) is 29.4. The first-order chi connectivity index (χ1) is 38.1. The molecule has 0 saturated heterocycles. The van der Waals surface area contributed by atoms with E-state index in [9.17, 15) is 44.4 Å². The molecule has 6 N–H and O–H groups in total. The van der Waals surface area contributed by atoms with E-state index in [0.717, 1.165) is 18.8 Å². The van der Waals surface area contributed by atoms with Gasteiger partial charge in [-0.2, -0.15) is 0 Å². The van der Waals surface area contributed by atoms with Gasteiger partial charge in [0.05, 0.1) is 47.2 Å². The average molecular weight is 1160 g/mol. The number of benzene rings is 8. The predicted molar refractivity (Wildman–Crippen MR) is 309 cm³/mol. The number of ketones is 4. The molecule has 0 unspecified atom stereocenters. The third kappa shape index (κ3) is 23.9. The maximum atomic E-state index is 12.6. The van der Waals surface area contributed by atoms with Crippen LogP contribution in [0.3, 0.4) is 0 Å². The maximum absolute atomic E-state index is 12.6. The number of ether oxygens (including phenoxy) is 6. The molecule has 0 amide bonds. The molecule has 0 radical (unpaired) electrons. The van der Waals surface area contributed by atoms with Gasteiger partial charge in [-0.3, -0.25) is 19.2 Å². The summed E-state index contributed by atoms with van der Waals surface area (Å²) >= 11 is 0. The molecule has 0 aliphatic carbocycles. The van der Waals surface area contributed by atoms with Crippen molar-refractivity contribution in [3.05, 3.63) is 239 Å². The lowest BCUT2D eigenvalue weighted by Gasteiger charge is -2.08. The van der Waals surface area contributed by atoms with Gasteiger partial charge in [-0.15, -0.1) is 0 Å². The third-order valence-electron chi connectivity index (χ3n) is 10.3. The zero-order valence-corrected chi connectivity index (χ0v) is 47.4. The Kier molecular flexibility index (Phi) is 24.2. The number of rotatable bonds is 16. The van der Waals surface area contributed by atoms with Gasteiger partial charge in [0, 0.05) is 44.5 Å². The molecular formula is C59H59N3O16S3. The molecule has 0 aliphatic rings. The van der Waals surface area contributed by atoms with Crippen molar-refractivity contribution in [2.75, 3.05) is 47.2 Å². The minimum Gasteiger partial charge on any atom is -0.497 e. The highest BCUT2D eigenvalue weighted by Gasteiger charge is 2.14. The van der Waals surface area contributed by atoms with Gasteiger partial charge in [-0.25, -0.2) is 40.7 Å². The van der Waals surface area contributed by atoms with Gasteiger partial charge < -0.3 is 28.4 Å². The second-order valence-electron chi connectivity index (χ2n) is 17.0. The minimum atomic E-state index is -3.17. The molecule has 8 aromatic rings. The van der Waals surface area contributed by atoms with Crippen molar-refractivity contribution in [3.63, 3.8) is 0 Å². The van der Waals surface area contributed by atoms with E-state index in [1.807, 2.05) is 0 Å². The van der Waals surface area contributed by atoms with E-state index < -0.39 is 30.1 Å². The number of hydrogen-bond acceptors (Lipinski definition) is 16. The molecule has 0 spiro atoms. The molecule has 8 aromatic carbocycles. The van der Waals surface area contributed by atoms with Crippen molar-refractivity contribution in [1.29, 1.82) is 0 Å². The standard InChI is InChI=1S/2C28H22O5.3CH5NO2S/c2*1-31-23-11-3-19(4-12-23)27(29)21-7-15-25(16-8-21)33-26-17-9-22(10-18-26)28(30)20-5-13-24(32-2)14-6-20;3*1-5(2,3)4/h2*3-18H,1-2H3;3*1H3,(H2,2,3,4). The van der Waals surface area contributed by atoms with E-state index in [-0.39, 0.29) is 23.1 Å². The van der Waals surface area contributed by atoms with Crippen LogP contribution in [0.15, 0.2) is 194 Å². The minimum absolute atomic E-state index is 0.0781. The second-order valence-corrected chi connectivity index (χ2v) is 22.0. The fraction of sp³-hybridized carbons (Fsp3) is 0.119. The van der Waals surface area contributed by atoms with E-state index in [4.69, 9.17) is 28.4 Å². The SMILES string of the molecule is COc1ccc(C(=O)c2ccc(Oc3ccc(C(=O)c4ccc(OC)cc4)cc3)cc2)cc1.COc1ccc(C(=O)c2ccc(Oc3ccc(C(=O)c4ccc(OC)cc4)cc3)cc2)cc1.CS(N)(=O)=O.CS(N)(=O)=O.CS(N)(=O)=O. The molecule has 19 nitrogen and oxygen atoms in total. The van der Waals surface area contributed by atoms with E-state index in [2.05, 4.69) is 15.4 Å². The van der Waals surface area contributed by atoms with Gasteiger partial charge >= 0.3 is 0 Å². The maximum Gasteiger partial charge on any atom is 0.206 e. The fourth-order valence-electron chi connectivity index (χ4n) is 6.61. The number of carbonyl (C=O) groups excluding carboxylic acids is 4. The summed E-state index contributed by atoms with van der Waals surface area (Å²) in [4.78, 5) is 50.6. The van der Waals surface area contributed by atoms with Crippen LogP contribution in [0, 0.1) is 0 Å². The van der Waals surface area contributed by atoms with E-state index in [0.29, 0.717) is 90.5 Å². The lowest BCUT2D eigenvalue weighted by Crippen LogP contribution is -2.07. The Bertz CT molecular complexity index is 3190. The highest BCUT2D eigenvalue weighted by molar-refractivity contribution is 7.88. The number of sulfonamides is 3. The largest absolute Gasteiger partial charge is 0.497 e. The quantitative estimate of drug-likeness (QED) is 0.0762. The van der Waals surface area contributed by atoms with Crippen molar-refractivity contribution in [2.45, 2.75) is 0 Å². The van der Waals surface area contributed by atoms with Gasteiger partial charge in [0.2, 0.25) is 30.1 Å². The van der Waals surface area contributed by atoms with Gasteiger partial charge in [0.25, 0.3) is 0 Å². The van der Waals surface area contributed by atoms with Crippen molar-refractivity contribution >= 4 is 53.2 Å². The highest BCUT2D eigenvalue weighted by atomic mass is 32.2. The molecule has 22 heteroatoms. The van der Waals surface area contributed by atoms with Gasteiger partial charge in [0.15, 0.2) is 23.1 Å². The Morgan fingerprint density at radius 3 is 0.444 bits per heavy atom. The summed E-state index contributed by atoms with van der Waals surface area (Å²) in [5.74, 6) is 4.86. The van der Waals surface area contributed by atoms with E-state index >= 15 is 0 Å². The Labute approximate surface area is 470 Å². The number of primary sulfonamides is 3. The molecule has 81 heavy (non-hydrogen) atoms. The van der Waals surface area contributed by atoms with E-state index in [1.54, 1.807) is 223 Å². The van der Waals surface area contributed by atoms with Crippen molar-refractivity contribution in [2.24, 2.45) is 15.4 Å². The molecule has 0 heterocycles. The number of methoxy groups -OCH3 is 4. The van der Waals surface area contributed by atoms with Crippen LogP contribution in [0.4, 0.5) is 0 Å². The van der Waals surface area contributed by atoms with Crippen LogP contribution in [0.1, 0.15) is 63.7 Å². The zero-order valence-electron chi connectivity index (χ0n) is 45.0. The summed E-state index contributed by atoms with van der Waals surface area (Å²) in [6, 6.07) is 55.7. The summed E-state index contributed by atoms with van der Waals surface area (Å²) in [6.07, 6.45) is 2.81. The topological polar surface area (TPSA) is 304 Å². The summed E-state index contributed by atoms with van der Waals surface area (Å²) in [5, 5.41) is 13.0. The molecule has 8 rings (SSSR count). The van der Waals surface area contributed by atoms with Crippen molar-refractivity contribution in [3.8, 4) is 46.0 Å². The Morgan fingerprint density at radius 1 is 0.247 bits per heavy atom. The highest BCUT2D eigenvalue weighted by Crippen LogP contribution is 2.27. The summed E-state index contributed by atoms with van der Waals surface area (Å²) in [6.45, 7) is 0. The normalized spacial score (nSPS) is 10.6. The van der Waals surface area contributed by atoms with Gasteiger partial charge in [-0.1, -0.05) is 0 Å². The number of carbonyl (C=O) groups is 4. The number of hydrogen-bond donors (Lipinski definition) is 3. The van der Waals surface area contributed by atoms with Gasteiger partial charge in [0.1, 0.15) is 46.0 Å².